The van der Waals surface area contributed by atoms with Crippen molar-refractivity contribution in [3.63, 3.8) is 0 Å². The third kappa shape index (κ3) is 4.38. The molecule has 0 aliphatic rings. The van der Waals surface area contributed by atoms with Crippen LogP contribution in [0.25, 0.3) is 10.8 Å². The van der Waals surface area contributed by atoms with Gasteiger partial charge in [-0.2, -0.15) is 0 Å². The summed E-state index contributed by atoms with van der Waals surface area (Å²) in [5.74, 6) is 1.08. The maximum Gasteiger partial charge on any atom is 0.262 e. The van der Waals surface area contributed by atoms with Gasteiger partial charge in [-0.25, -0.2) is 0 Å². The van der Waals surface area contributed by atoms with Gasteiger partial charge in [-0.15, -0.1) is 0 Å². The Hall–Kier alpha value is -2.81. The fourth-order valence-corrected chi connectivity index (χ4v) is 2.74. The Labute approximate surface area is 148 Å². The second-order valence-electron chi connectivity index (χ2n) is 6.28. The van der Waals surface area contributed by atoms with Gasteiger partial charge in [0.2, 0.25) is 0 Å². The van der Waals surface area contributed by atoms with E-state index >= 15 is 0 Å². The van der Waals surface area contributed by atoms with Crippen molar-refractivity contribution in [1.29, 1.82) is 0 Å². The van der Waals surface area contributed by atoms with E-state index < -0.39 is 0 Å². The summed E-state index contributed by atoms with van der Waals surface area (Å²) in [7, 11) is 0. The topological polar surface area (TPSA) is 38.3 Å². The van der Waals surface area contributed by atoms with Crippen LogP contribution < -0.4 is 10.1 Å². The molecule has 128 valence electrons. The average molecular weight is 333 g/mol. The molecule has 0 saturated carbocycles. The zero-order valence-corrected chi connectivity index (χ0v) is 14.7. The van der Waals surface area contributed by atoms with E-state index in [1.165, 1.54) is 5.56 Å². The minimum Gasteiger partial charge on any atom is -0.484 e. The SMILES string of the molecule is CC[C@@H](C)c1ccc(OCC(=O)Nc2ccc3ccccc3c2)cc1. The fourth-order valence-electron chi connectivity index (χ4n) is 2.74. The van der Waals surface area contributed by atoms with E-state index in [9.17, 15) is 4.79 Å². The van der Waals surface area contributed by atoms with Crippen LogP contribution in [0.2, 0.25) is 0 Å². The molecule has 1 atom stereocenters. The van der Waals surface area contributed by atoms with Crippen LogP contribution in [0.3, 0.4) is 0 Å². The van der Waals surface area contributed by atoms with Crippen LogP contribution in [-0.2, 0) is 4.79 Å². The van der Waals surface area contributed by atoms with Crippen LogP contribution in [0.15, 0.2) is 66.7 Å². The monoisotopic (exact) mass is 333 g/mol. The molecule has 3 nitrogen and oxygen atoms in total. The summed E-state index contributed by atoms with van der Waals surface area (Å²) in [5, 5.41) is 5.13. The van der Waals surface area contributed by atoms with Gasteiger partial charge in [-0.05, 0) is 52.9 Å². The lowest BCUT2D eigenvalue weighted by molar-refractivity contribution is -0.118. The molecule has 3 heteroatoms. The van der Waals surface area contributed by atoms with Crippen LogP contribution in [0.4, 0.5) is 5.69 Å². The number of fused-ring (bicyclic) bond motifs is 1. The maximum absolute atomic E-state index is 12.1. The molecule has 0 saturated heterocycles. The Morgan fingerprint density at radius 2 is 1.72 bits per heavy atom. The van der Waals surface area contributed by atoms with Crippen molar-refractivity contribution in [3.8, 4) is 5.75 Å². The first-order valence-electron chi connectivity index (χ1n) is 8.67. The second kappa shape index (κ2) is 7.84. The van der Waals surface area contributed by atoms with Crippen molar-refractivity contribution in [2.24, 2.45) is 0 Å². The first kappa shape index (κ1) is 17.0. The normalized spacial score (nSPS) is 11.9. The Bertz CT molecular complexity index is 855. The second-order valence-corrected chi connectivity index (χ2v) is 6.28. The highest BCUT2D eigenvalue weighted by Gasteiger charge is 2.06. The van der Waals surface area contributed by atoms with E-state index in [0.29, 0.717) is 11.7 Å². The van der Waals surface area contributed by atoms with Crippen molar-refractivity contribution < 1.29 is 9.53 Å². The molecule has 0 fully saturated rings. The van der Waals surface area contributed by atoms with Gasteiger partial charge < -0.3 is 10.1 Å². The lowest BCUT2D eigenvalue weighted by Crippen LogP contribution is -2.20. The van der Waals surface area contributed by atoms with Gasteiger partial charge in [0.25, 0.3) is 5.91 Å². The van der Waals surface area contributed by atoms with E-state index in [2.05, 4.69) is 31.3 Å². The highest BCUT2D eigenvalue weighted by molar-refractivity contribution is 5.95. The number of ether oxygens (including phenoxy) is 1. The molecular weight excluding hydrogens is 310 g/mol. The molecule has 3 aromatic carbocycles. The van der Waals surface area contributed by atoms with Crippen LogP contribution in [0, 0.1) is 0 Å². The van der Waals surface area contributed by atoms with E-state index in [0.717, 1.165) is 22.9 Å². The molecular formula is C22H23NO2. The summed E-state index contributed by atoms with van der Waals surface area (Å²) in [6, 6.07) is 21.9. The predicted molar refractivity (Wildman–Crippen MR) is 103 cm³/mol. The summed E-state index contributed by atoms with van der Waals surface area (Å²) in [6.45, 7) is 4.37. The molecule has 0 radical (unpaired) electrons. The summed E-state index contributed by atoms with van der Waals surface area (Å²) in [4.78, 5) is 12.1. The Balaban J connectivity index is 1.56. The number of carbonyl (C=O) groups excluding carboxylic acids is 1. The average Bonchev–Trinajstić information content (AvgIpc) is 2.66. The lowest BCUT2D eigenvalue weighted by Gasteiger charge is -2.11. The number of benzene rings is 3. The van der Waals surface area contributed by atoms with Gasteiger partial charge in [0.1, 0.15) is 5.75 Å². The predicted octanol–water partition coefficient (Wildman–Crippen LogP) is 5.37. The van der Waals surface area contributed by atoms with Crippen molar-refractivity contribution in [2.75, 3.05) is 11.9 Å². The molecule has 0 heterocycles. The van der Waals surface area contributed by atoms with Crippen molar-refractivity contribution in [1.82, 2.24) is 0 Å². The van der Waals surface area contributed by atoms with Crippen LogP contribution in [0.5, 0.6) is 5.75 Å². The molecule has 25 heavy (non-hydrogen) atoms. The molecule has 0 aromatic heterocycles. The van der Waals surface area contributed by atoms with Crippen LogP contribution in [-0.4, -0.2) is 12.5 Å². The number of amides is 1. The van der Waals surface area contributed by atoms with E-state index in [1.807, 2.05) is 54.6 Å². The largest absolute Gasteiger partial charge is 0.484 e. The van der Waals surface area contributed by atoms with Gasteiger partial charge in [0, 0.05) is 5.69 Å². The molecule has 3 rings (SSSR count). The third-order valence-electron chi connectivity index (χ3n) is 4.46. The van der Waals surface area contributed by atoms with E-state index in [1.54, 1.807) is 0 Å². The quantitative estimate of drug-likeness (QED) is 0.658. The van der Waals surface area contributed by atoms with Crippen LogP contribution >= 0.6 is 0 Å². The molecule has 0 spiro atoms. The highest BCUT2D eigenvalue weighted by atomic mass is 16.5. The molecule has 0 aliphatic carbocycles. The highest BCUT2D eigenvalue weighted by Crippen LogP contribution is 2.22. The molecule has 1 N–H and O–H groups in total. The third-order valence-corrected chi connectivity index (χ3v) is 4.46. The minimum atomic E-state index is -0.165. The summed E-state index contributed by atoms with van der Waals surface area (Å²) < 4.78 is 5.58. The standard InChI is InChI=1S/C22H23NO2/c1-3-16(2)17-9-12-21(13-10-17)25-15-22(24)23-20-11-8-18-6-4-5-7-19(18)14-20/h4-14,16H,3,15H2,1-2H3,(H,23,24)/t16-/m1/s1. The molecule has 3 aromatic rings. The number of hydrogen-bond donors (Lipinski definition) is 1. The van der Waals surface area contributed by atoms with Gasteiger partial charge in [-0.1, -0.05) is 56.3 Å². The molecule has 0 aliphatic heterocycles. The van der Waals surface area contributed by atoms with Gasteiger partial charge in [-0.3, -0.25) is 4.79 Å². The summed E-state index contributed by atoms with van der Waals surface area (Å²) >= 11 is 0. The van der Waals surface area contributed by atoms with Crippen molar-refractivity contribution in [3.05, 3.63) is 72.3 Å². The number of nitrogens with one attached hydrogen (secondary N) is 1. The van der Waals surface area contributed by atoms with Crippen molar-refractivity contribution >= 4 is 22.4 Å². The Kier molecular flexibility index (Phi) is 5.34. The first-order valence-corrected chi connectivity index (χ1v) is 8.67. The molecule has 0 bridgehead atoms. The van der Waals surface area contributed by atoms with Crippen molar-refractivity contribution in [2.45, 2.75) is 26.2 Å². The maximum atomic E-state index is 12.1. The number of carbonyl (C=O) groups is 1. The summed E-state index contributed by atoms with van der Waals surface area (Å²) in [5.41, 5.74) is 2.06. The Morgan fingerprint density at radius 1 is 1.00 bits per heavy atom. The number of hydrogen-bond acceptors (Lipinski definition) is 2. The fraction of sp³-hybridized carbons (Fsp3) is 0.227. The number of anilines is 1. The smallest absolute Gasteiger partial charge is 0.262 e. The van der Waals surface area contributed by atoms with Gasteiger partial charge in [0.15, 0.2) is 6.61 Å². The Morgan fingerprint density at radius 3 is 2.44 bits per heavy atom. The lowest BCUT2D eigenvalue weighted by atomic mass is 9.99. The molecule has 0 unspecified atom stereocenters. The first-order chi connectivity index (χ1) is 12.2. The zero-order chi connectivity index (χ0) is 17.6. The van der Waals surface area contributed by atoms with E-state index in [-0.39, 0.29) is 12.5 Å². The molecule has 1 amide bonds. The van der Waals surface area contributed by atoms with Gasteiger partial charge >= 0.3 is 0 Å². The zero-order valence-electron chi connectivity index (χ0n) is 14.7. The van der Waals surface area contributed by atoms with Crippen LogP contribution in [0.1, 0.15) is 31.7 Å². The number of rotatable bonds is 6. The van der Waals surface area contributed by atoms with E-state index in [4.69, 9.17) is 4.74 Å². The summed E-state index contributed by atoms with van der Waals surface area (Å²) in [6.07, 6.45) is 1.11. The van der Waals surface area contributed by atoms with Gasteiger partial charge in [0.05, 0.1) is 0 Å². The minimum absolute atomic E-state index is 0.00446.